The van der Waals surface area contributed by atoms with Gasteiger partial charge in [-0.3, -0.25) is 15.0 Å². The maximum absolute atomic E-state index is 3.85. The topological polar surface area (TPSA) is 50.2 Å². The molecule has 0 saturated heterocycles. The third-order valence-electron chi connectivity index (χ3n) is 1.05. The Hall–Kier alpha value is -1.45. The predicted molar refractivity (Wildman–Crippen MR) is 43.4 cm³/mol. The molecule has 0 bridgehead atoms. The van der Waals surface area contributed by atoms with E-state index in [1.807, 2.05) is 0 Å². The van der Waals surface area contributed by atoms with E-state index in [-0.39, 0.29) is 0 Å². The van der Waals surface area contributed by atoms with Gasteiger partial charge in [-0.05, 0) is 0 Å². The fraction of sp³-hybridized carbons (Fsp3) is 0.286. The van der Waals surface area contributed by atoms with Gasteiger partial charge < -0.3 is 5.32 Å². The van der Waals surface area contributed by atoms with Gasteiger partial charge in [-0.25, -0.2) is 0 Å². The maximum Gasteiger partial charge on any atom is 0.0825 e. The molecule has 0 aliphatic carbocycles. The number of aliphatic imine (C=N–C) groups is 1. The van der Waals surface area contributed by atoms with Gasteiger partial charge in [-0.1, -0.05) is 0 Å². The van der Waals surface area contributed by atoms with E-state index >= 15 is 0 Å². The Labute approximate surface area is 65.4 Å². The van der Waals surface area contributed by atoms with E-state index in [1.165, 1.54) is 0 Å². The molecular weight excluding hydrogens is 140 g/mol. The van der Waals surface area contributed by atoms with Gasteiger partial charge in [0.25, 0.3) is 0 Å². The van der Waals surface area contributed by atoms with Crippen LogP contribution in [0, 0.1) is 0 Å². The second kappa shape index (κ2) is 5.34. The first-order chi connectivity index (χ1) is 5.50. The summed E-state index contributed by atoms with van der Waals surface area (Å²) in [5, 5.41) is 2.93. The molecule has 1 aromatic heterocycles. The predicted octanol–water partition coefficient (Wildman–Crippen LogP) is 0.0945. The summed E-state index contributed by atoms with van der Waals surface area (Å²) < 4.78 is 0. The number of hydrogen-bond acceptors (Lipinski definition) is 4. The molecule has 1 aromatic rings. The van der Waals surface area contributed by atoms with Crippen molar-refractivity contribution >= 4 is 6.34 Å². The molecule has 4 nitrogen and oxygen atoms in total. The van der Waals surface area contributed by atoms with Crippen LogP contribution in [0.3, 0.4) is 0 Å². The molecule has 0 unspecified atom stereocenters. The zero-order valence-electron chi connectivity index (χ0n) is 6.14. The van der Waals surface area contributed by atoms with Crippen molar-refractivity contribution in [3.8, 4) is 0 Å². The first-order valence-corrected chi connectivity index (χ1v) is 3.42. The SMILES string of the molecule is C1=NCCN1.c1cnccn1. The first-order valence-electron chi connectivity index (χ1n) is 3.42. The number of nitrogens with one attached hydrogen (secondary N) is 1. The highest BCUT2D eigenvalue weighted by Crippen LogP contribution is 1.68. The van der Waals surface area contributed by atoms with Crippen molar-refractivity contribution in [2.75, 3.05) is 13.1 Å². The van der Waals surface area contributed by atoms with Gasteiger partial charge in [-0.2, -0.15) is 0 Å². The molecule has 1 aliphatic rings. The van der Waals surface area contributed by atoms with Crippen molar-refractivity contribution in [2.45, 2.75) is 0 Å². The molecule has 58 valence electrons. The van der Waals surface area contributed by atoms with Crippen LogP contribution in [0.1, 0.15) is 0 Å². The minimum Gasteiger partial charge on any atom is -0.375 e. The minimum atomic E-state index is 0.958. The molecule has 0 aromatic carbocycles. The van der Waals surface area contributed by atoms with Gasteiger partial charge in [0.1, 0.15) is 0 Å². The normalized spacial score (nSPS) is 13.1. The maximum atomic E-state index is 3.85. The Kier molecular flexibility index (Phi) is 3.72. The van der Waals surface area contributed by atoms with Crippen LogP contribution in [0.4, 0.5) is 0 Å². The molecule has 2 rings (SSSR count). The lowest BCUT2D eigenvalue weighted by Crippen LogP contribution is -2.04. The molecule has 4 heteroatoms. The van der Waals surface area contributed by atoms with Crippen molar-refractivity contribution in [1.29, 1.82) is 0 Å². The molecule has 0 atom stereocenters. The summed E-state index contributed by atoms with van der Waals surface area (Å²) in [4.78, 5) is 11.3. The molecular formula is C7H10N4. The summed E-state index contributed by atoms with van der Waals surface area (Å²) in [6.45, 7) is 1.99. The molecule has 0 saturated carbocycles. The third kappa shape index (κ3) is 4.02. The van der Waals surface area contributed by atoms with Crippen molar-refractivity contribution in [1.82, 2.24) is 15.3 Å². The molecule has 1 aliphatic heterocycles. The smallest absolute Gasteiger partial charge is 0.0825 e. The van der Waals surface area contributed by atoms with Crippen LogP contribution >= 0.6 is 0 Å². The van der Waals surface area contributed by atoms with Crippen LogP contribution in [0.25, 0.3) is 0 Å². The molecule has 0 spiro atoms. The average molecular weight is 150 g/mol. The summed E-state index contributed by atoms with van der Waals surface area (Å²) in [5.41, 5.74) is 0. The van der Waals surface area contributed by atoms with Gasteiger partial charge in [0, 0.05) is 31.3 Å². The molecule has 0 fully saturated rings. The summed E-state index contributed by atoms with van der Waals surface area (Å²) in [7, 11) is 0. The van der Waals surface area contributed by atoms with Gasteiger partial charge in [0.15, 0.2) is 0 Å². The molecule has 0 radical (unpaired) electrons. The lowest BCUT2D eigenvalue weighted by molar-refractivity contribution is 0.965. The van der Waals surface area contributed by atoms with Crippen LogP contribution in [0.2, 0.25) is 0 Å². The van der Waals surface area contributed by atoms with E-state index in [0.717, 1.165) is 13.1 Å². The Balaban J connectivity index is 0.000000112. The second-order valence-corrected chi connectivity index (χ2v) is 1.88. The highest BCUT2D eigenvalue weighted by atomic mass is 15.0. The van der Waals surface area contributed by atoms with E-state index in [2.05, 4.69) is 20.3 Å². The Morgan fingerprint density at radius 3 is 1.82 bits per heavy atom. The number of aromatic nitrogens is 2. The third-order valence-corrected chi connectivity index (χ3v) is 1.05. The largest absolute Gasteiger partial charge is 0.375 e. The zero-order chi connectivity index (χ0) is 7.78. The average Bonchev–Trinajstić information content (AvgIpc) is 2.64. The van der Waals surface area contributed by atoms with Crippen molar-refractivity contribution in [3.63, 3.8) is 0 Å². The summed E-state index contributed by atoms with van der Waals surface area (Å²) in [6.07, 6.45) is 8.29. The van der Waals surface area contributed by atoms with E-state index < -0.39 is 0 Å². The lowest BCUT2D eigenvalue weighted by atomic mass is 10.7. The van der Waals surface area contributed by atoms with Crippen LogP contribution in [0.15, 0.2) is 29.8 Å². The highest BCUT2D eigenvalue weighted by Gasteiger charge is 1.82. The van der Waals surface area contributed by atoms with E-state index in [4.69, 9.17) is 0 Å². The van der Waals surface area contributed by atoms with E-state index in [0.29, 0.717) is 0 Å². The first kappa shape index (κ1) is 7.65. The summed E-state index contributed by atoms with van der Waals surface area (Å²) in [6, 6.07) is 0. The number of rotatable bonds is 0. The standard InChI is InChI=1S/C4H4N2.C3H6N2/c1-2-6-4-3-5-1;1-2-5-3-4-1/h1-4H;3H,1-2H2,(H,4,5). The molecule has 1 N–H and O–H groups in total. The Morgan fingerprint density at radius 2 is 1.64 bits per heavy atom. The quantitative estimate of drug-likeness (QED) is 0.570. The van der Waals surface area contributed by atoms with Gasteiger partial charge in [0.2, 0.25) is 0 Å². The van der Waals surface area contributed by atoms with Crippen LogP contribution in [0.5, 0.6) is 0 Å². The van der Waals surface area contributed by atoms with Crippen molar-refractivity contribution < 1.29 is 0 Å². The second-order valence-electron chi connectivity index (χ2n) is 1.88. The monoisotopic (exact) mass is 150 g/mol. The highest BCUT2D eigenvalue weighted by molar-refractivity contribution is 5.56. The Morgan fingerprint density at radius 1 is 1.00 bits per heavy atom. The molecule has 11 heavy (non-hydrogen) atoms. The van der Waals surface area contributed by atoms with Crippen molar-refractivity contribution in [2.24, 2.45) is 4.99 Å². The summed E-state index contributed by atoms with van der Waals surface area (Å²) in [5.74, 6) is 0. The van der Waals surface area contributed by atoms with Crippen molar-refractivity contribution in [3.05, 3.63) is 24.8 Å². The fourth-order valence-electron chi connectivity index (χ4n) is 0.576. The van der Waals surface area contributed by atoms with Crippen LogP contribution in [-0.2, 0) is 0 Å². The van der Waals surface area contributed by atoms with Crippen LogP contribution < -0.4 is 5.32 Å². The molecule has 0 amide bonds. The van der Waals surface area contributed by atoms with E-state index in [9.17, 15) is 0 Å². The number of nitrogens with zero attached hydrogens (tertiary/aromatic N) is 3. The van der Waals surface area contributed by atoms with Crippen LogP contribution in [-0.4, -0.2) is 29.4 Å². The van der Waals surface area contributed by atoms with E-state index in [1.54, 1.807) is 31.1 Å². The fourth-order valence-corrected chi connectivity index (χ4v) is 0.576. The zero-order valence-corrected chi connectivity index (χ0v) is 6.14. The molecule has 2 heterocycles. The lowest BCUT2D eigenvalue weighted by Gasteiger charge is -1.75. The number of hydrogen-bond donors (Lipinski definition) is 1. The van der Waals surface area contributed by atoms with Gasteiger partial charge >= 0.3 is 0 Å². The Bertz CT molecular complexity index is 164. The van der Waals surface area contributed by atoms with Gasteiger partial charge in [-0.15, -0.1) is 0 Å². The summed E-state index contributed by atoms with van der Waals surface area (Å²) >= 11 is 0. The minimum absolute atomic E-state index is 0.958. The van der Waals surface area contributed by atoms with Gasteiger partial charge in [0.05, 0.1) is 12.9 Å².